The molecule has 12 heavy (non-hydrogen) atoms. The largest absolute Gasteiger partial charge is 0.385 e. The zero-order valence-corrected chi connectivity index (χ0v) is 6.55. The standard InChI is InChI=1S/C7H9N3O2/c1-3-2-4(8)10-7(12)5(3)6(9)11/h2H,1H3,(H2,9,11)(H3,8,10,12). The zero-order chi connectivity index (χ0) is 9.30. The first-order valence-electron chi connectivity index (χ1n) is 3.31. The minimum Gasteiger partial charge on any atom is -0.385 e. The SMILES string of the molecule is Cc1cc(N)[nH]c(=O)c1C(N)=O. The highest BCUT2D eigenvalue weighted by Gasteiger charge is 2.09. The summed E-state index contributed by atoms with van der Waals surface area (Å²) in [4.78, 5) is 24.1. The van der Waals surface area contributed by atoms with Gasteiger partial charge in [0.15, 0.2) is 0 Å². The summed E-state index contributed by atoms with van der Waals surface area (Å²) in [5.41, 5.74) is 10.2. The first-order chi connectivity index (χ1) is 5.52. The minimum absolute atomic E-state index is 0.0378. The molecule has 0 aliphatic heterocycles. The molecule has 1 heterocycles. The van der Waals surface area contributed by atoms with Crippen LogP contribution in [0.2, 0.25) is 0 Å². The Bertz CT molecular complexity index is 381. The summed E-state index contributed by atoms with van der Waals surface area (Å²) in [6.45, 7) is 1.60. The molecule has 0 unspecified atom stereocenters. The quantitative estimate of drug-likeness (QED) is 0.518. The number of H-pyrrole nitrogens is 1. The highest BCUT2D eigenvalue weighted by Crippen LogP contribution is 2.03. The number of hydrogen-bond acceptors (Lipinski definition) is 3. The van der Waals surface area contributed by atoms with Crippen LogP contribution >= 0.6 is 0 Å². The van der Waals surface area contributed by atoms with Crippen molar-refractivity contribution in [2.75, 3.05) is 5.73 Å². The number of nitrogen functional groups attached to an aromatic ring is 1. The molecule has 0 saturated heterocycles. The van der Waals surface area contributed by atoms with Gasteiger partial charge in [0.2, 0.25) is 0 Å². The van der Waals surface area contributed by atoms with Gasteiger partial charge in [0, 0.05) is 0 Å². The highest BCUT2D eigenvalue weighted by atomic mass is 16.2. The molecule has 5 N–H and O–H groups in total. The maximum atomic E-state index is 11.1. The molecule has 1 aromatic heterocycles. The van der Waals surface area contributed by atoms with Crippen molar-refractivity contribution >= 4 is 11.7 Å². The van der Waals surface area contributed by atoms with E-state index in [1.165, 1.54) is 6.07 Å². The van der Waals surface area contributed by atoms with E-state index in [0.29, 0.717) is 5.56 Å². The molecule has 0 bridgehead atoms. The molecule has 5 nitrogen and oxygen atoms in total. The Morgan fingerprint density at radius 3 is 2.58 bits per heavy atom. The Kier molecular flexibility index (Phi) is 1.86. The van der Waals surface area contributed by atoms with E-state index in [4.69, 9.17) is 11.5 Å². The Labute approximate surface area is 68.4 Å². The Morgan fingerprint density at radius 1 is 1.58 bits per heavy atom. The number of nitrogens with one attached hydrogen (secondary N) is 1. The summed E-state index contributed by atoms with van der Waals surface area (Å²) in [6.07, 6.45) is 0. The van der Waals surface area contributed by atoms with Crippen molar-refractivity contribution in [2.24, 2.45) is 5.73 Å². The number of nitrogens with two attached hydrogens (primary N) is 2. The van der Waals surface area contributed by atoms with Crippen LogP contribution < -0.4 is 17.0 Å². The lowest BCUT2D eigenvalue weighted by molar-refractivity contribution is 0.0998. The van der Waals surface area contributed by atoms with E-state index >= 15 is 0 Å². The van der Waals surface area contributed by atoms with Crippen molar-refractivity contribution in [3.8, 4) is 0 Å². The van der Waals surface area contributed by atoms with Crippen LogP contribution in [-0.2, 0) is 0 Å². The second-order valence-electron chi connectivity index (χ2n) is 2.48. The van der Waals surface area contributed by atoms with Gasteiger partial charge >= 0.3 is 0 Å². The number of anilines is 1. The Hall–Kier alpha value is -1.78. The molecule has 0 aromatic carbocycles. The number of aromatic amines is 1. The predicted octanol–water partition coefficient (Wildman–Crippen LogP) is -0.636. The predicted molar refractivity (Wildman–Crippen MR) is 44.7 cm³/mol. The highest BCUT2D eigenvalue weighted by molar-refractivity contribution is 5.94. The maximum absolute atomic E-state index is 11.1. The topological polar surface area (TPSA) is 102 Å². The monoisotopic (exact) mass is 167 g/mol. The van der Waals surface area contributed by atoms with E-state index in [-0.39, 0.29) is 11.4 Å². The van der Waals surface area contributed by atoms with Gasteiger partial charge in [0.05, 0.1) is 0 Å². The molecule has 5 heteroatoms. The van der Waals surface area contributed by atoms with Crippen molar-refractivity contribution in [1.29, 1.82) is 0 Å². The summed E-state index contributed by atoms with van der Waals surface area (Å²) in [7, 11) is 0. The number of primary amides is 1. The second-order valence-corrected chi connectivity index (χ2v) is 2.48. The molecule has 0 saturated carbocycles. The molecule has 1 amide bonds. The van der Waals surface area contributed by atoms with Gasteiger partial charge in [0.1, 0.15) is 11.4 Å². The normalized spacial score (nSPS) is 9.75. The zero-order valence-electron chi connectivity index (χ0n) is 6.55. The molecule has 0 fully saturated rings. The van der Waals surface area contributed by atoms with E-state index in [9.17, 15) is 9.59 Å². The number of aromatic nitrogens is 1. The van der Waals surface area contributed by atoms with E-state index in [0.717, 1.165) is 0 Å². The summed E-state index contributed by atoms with van der Waals surface area (Å²) in [5.74, 6) is -0.517. The summed E-state index contributed by atoms with van der Waals surface area (Å²) >= 11 is 0. The molecule has 0 aliphatic rings. The number of pyridine rings is 1. The number of aryl methyl sites for hydroxylation is 1. The fourth-order valence-electron chi connectivity index (χ4n) is 1.02. The lowest BCUT2D eigenvalue weighted by atomic mass is 10.1. The third-order valence-electron chi connectivity index (χ3n) is 1.50. The first kappa shape index (κ1) is 8.32. The molecule has 0 atom stereocenters. The van der Waals surface area contributed by atoms with Crippen molar-refractivity contribution in [2.45, 2.75) is 6.92 Å². The summed E-state index contributed by atoms with van der Waals surface area (Å²) in [6, 6.07) is 1.49. The molecule has 1 rings (SSSR count). The van der Waals surface area contributed by atoms with Gasteiger partial charge in [-0.25, -0.2) is 0 Å². The van der Waals surface area contributed by atoms with Gasteiger partial charge in [0.25, 0.3) is 11.5 Å². The van der Waals surface area contributed by atoms with Crippen LogP contribution in [0, 0.1) is 6.92 Å². The molecular weight excluding hydrogens is 158 g/mol. The molecule has 1 aromatic rings. The van der Waals surface area contributed by atoms with Crippen molar-refractivity contribution < 1.29 is 4.79 Å². The third kappa shape index (κ3) is 1.29. The number of carbonyl (C=O) groups excluding carboxylic acids is 1. The minimum atomic E-state index is -0.742. The van der Waals surface area contributed by atoms with Crippen LogP contribution in [0.3, 0.4) is 0 Å². The van der Waals surface area contributed by atoms with Crippen LogP contribution in [0.15, 0.2) is 10.9 Å². The maximum Gasteiger partial charge on any atom is 0.262 e. The average molecular weight is 167 g/mol. The fourth-order valence-corrected chi connectivity index (χ4v) is 1.02. The number of carbonyl (C=O) groups is 1. The van der Waals surface area contributed by atoms with Gasteiger partial charge < -0.3 is 16.5 Å². The first-order valence-corrected chi connectivity index (χ1v) is 3.31. The van der Waals surface area contributed by atoms with E-state index in [2.05, 4.69) is 4.98 Å². The van der Waals surface area contributed by atoms with Crippen molar-refractivity contribution in [3.63, 3.8) is 0 Å². The third-order valence-corrected chi connectivity index (χ3v) is 1.50. The smallest absolute Gasteiger partial charge is 0.262 e. The van der Waals surface area contributed by atoms with Crippen molar-refractivity contribution in [1.82, 2.24) is 4.98 Å². The van der Waals surface area contributed by atoms with Crippen LogP contribution in [0.4, 0.5) is 5.82 Å². The number of amides is 1. The molecular formula is C7H9N3O2. The number of rotatable bonds is 1. The van der Waals surface area contributed by atoms with Crippen molar-refractivity contribution in [3.05, 3.63) is 27.5 Å². The average Bonchev–Trinajstić information content (AvgIpc) is 1.82. The summed E-state index contributed by atoms with van der Waals surface area (Å²) in [5, 5.41) is 0. The summed E-state index contributed by atoms with van der Waals surface area (Å²) < 4.78 is 0. The van der Waals surface area contributed by atoms with E-state index in [1.807, 2.05) is 0 Å². The van der Waals surface area contributed by atoms with Gasteiger partial charge in [-0.1, -0.05) is 0 Å². The second kappa shape index (κ2) is 2.69. The van der Waals surface area contributed by atoms with E-state index < -0.39 is 11.5 Å². The van der Waals surface area contributed by atoms with Gasteiger partial charge in [-0.05, 0) is 18.6 Å². The Morgan fingerprint density at radius 2 is 2.17 bits per heavy atom. The van der Waals surface area contributed by atoms with Crippen LogP contribution in [0.1, 0.15) is 15.9 Å². The number of hydrogen-bond donors (Lipinski definition) is 3. The fraction of sp³-hybridized carbons (Fsp3) is 0.143. The molecule has 0 aliphatic carbocycles. The lowest BCUT2D eigenvalue weighted by Gasteiger charge is -2.00. The van der Waals surface area contributed by atoms with Gasteiger partial charge in [-0.3, -0.25) is 9.59 Å². The van der Waals surface area contributed by atoms with Crippen LogP contribution in [-0.4, -0.2) is 10.9 Å². The Balaban J connectivity index is 3.49. The van der Waals surface area contributed by atoms with Crippen LogP contribution in [0.25, 0.3) is 0 Å². The lowest BCUT2D eigenvalue weighted by Crippen LogP contribution is -2.25. The van der Waals surface area contributed by atoms with Gasteiger partial charge in [-0.2, -0.15) is 0 Å². The van der Waals surface area contributed by atoms with E-state index in [1.54, 1.807) is 6.92 Å². The molecule has 0 spiro atoms. The van der Waals surface area contributed by atoms with Gasteiger partial charge in [-0.15, -0.1) is 0 Å². The molecule has 64 valence electrons. The van der Waals surface area contributed by atoms with Crippen LogP contribution in [0.5, 0.6) is 0 Å². The molecule has 0 radical (unpaired) electrons.